The largest absolute Gasteiger partial charge is 0.125 e. The van der Waals surface area contributed by atoms with Gasteiger partial charge in [0.15, 0.2) is 0 Å². The third-order valence-corrected chi connectivity index (χ3v) is 2.71. The summed E-state index contributed by atoms with van der Waals surface area (Å²) in [6, 6.07) is 0. The molecule has 0 spiro atoms. The molecule has 0 nitrogen and oxygen atoms in total. The summed E-state index contributed by atoms with van der Waals surface area (Å²) in [6.07, 6.45) is 0. The Morgan fingerprint density at radius 1 is 0.875 bits per heavy atom. The van der Waals surface area contributed by atoms with Gasteiger partial charge >= 0.3 is 0 Å². The molecule has 0 aliphatic rings. The molecule has 8 heavy (non-hydrogen) atoms. The molecule has 0 amide bonds. The molecule has 0 aromatic rings. The van der Waals surface area contributed by atoms with Crippen LogP contribution in [0.25, 0.3) is 0 Å². The summed E-state index contributed by atoms with van der Waals surface area (Å²) in [4.78, 5) is 0. The molecule has 0 radical (unpaired) electrons. The molecule has 2 atom stereocenters. The van der Waals surface area contributed by atoms with Crippen molar-refractivity contribution in [2.24, 2.45) is 0 Å². The number of halogens is 4. The first-order chi connectivity index (χ1) is 3.72. The van der Waals surface area contributed by atoms with E-state index in [-0.39, 0.29) is 10.8 Å². The van der Waals surface area contributed by atoms with E-state index in [9.17, 15) is 0 Å². The maximum Gasteiger partial charge on any atom is 0.0646 e. The van der Waals surface area contributed by atoms with Crippen molar-refractivity contribution in [1.82, 2.24) is 0 Å². The van der Waals surface area contributed by atoms with Gasteiger partial charge in [0.25, 0.3) is 0 Å². The van der Waals surface area contributed by atoms with E-state index in [4.69, 9.17) is 46.4 Å². The Kier molecular flexibility index (Phi) is 5.71. The van der Waals surface area contributed by atoms with Crippen molar-refractivity contribution in [2.45, 2.75) is 10.8 Å². The lowest BCUT2D eigenvalue weighted by molar-refractivity contribution is 0.917. The summed E-state index contributed by atoms with van der Waals surface area (Å²) >= 11 is 21.8. The molecule has 4 heteroatoms. The Balaban J connectivity index is 3.29. The Hall–Kier alpha value is 1.16. The van der Waals surface area contributed by atoms with E-state index in [0.717, 1.165) is 0 Å². The number of hydrogen-bond acceptors (Lipinski definition) is 0. The topological polar surface area (TPSA) is 0 Å². The van der Waals surface area contributed by atoms with Crippen LogP contribution in [-0.2, 0) is 0 Å². The van der Waals surface area contributed by atoms with E-state index in [0.29, 0.717) is 11.8 Å². The van der Waals surface area contributed by atoms with Crippen molar-refractivity contribution in [3.05, 3.63) is 0 Å². The van der Waals surface area contributed by atoms with Crippen LogP contribution in [0.5, 0.6) is 0 Å². The zero-order valence-electron chi connectivity index (χ0n) is 4.08. The van der Waals surface area contributed by atoms with Crippen molar-refractivity contribution in [1.29, 1.82) is 0 Å². The first-order valence-corrected chi connectivity index (χ1v) is 4.06. The fourth-order valence-electron chi connectivity index (χ4n) is 0.193. The summed E-state index contributed by atoms with van der Waals surface area (Å²) in [5.41, 5.74) is 0. The van der Waals surface area contributed by atoms with Crippen molar-refractivity contribution in [3.63, 3.8) is 0 Å². The fraction of sp³-hybridized carbons (Fsp3) is 1.00. The van der Waals surface area contributed by atoms with Crippen molar-refractivity contribution < 1.29 is 0 Å². The molecule has 0 N–H and O–H groups in total. The van der Waals surface area contributed by atoms with Gasteiger partial charge in [0.05, 0.1) is 10.8 Å². The van der Waals surface area contributed by atoms with Gasteiger partial charge in [-0.3, -0.25) is 0 Å². The van der Waals surface area contributed by atoms with Crippen LogP contribution in [0.3, 0.4) is 0 Å². The van der Waals surface area contributed by atoms with Gasteiger partial charge in [-0.2, -0.15) is 0 Å². The normalized spacial score (nSPS) is 18.0. The van der Waals surface area contributed by atoms with E-state index < -0.39 is 0 Å². The summed E-state index contributed by atoms with van der Waals surface area (Å²) in [5.74, 6) is 0.699. The minimum absolute atomic E-state index is 0.212. The third-order valence-electron chi connectivity index (χ3n) is 0.687. The van der Waals surface area contributed by atoms with Crippen LogP contribution in [0.1, 0.15) is 0 Å². The maximum atomic E-state index is 5.57. The first-order valence-electron chi connectivity index (χ1n) is 2.12. The first kappa shape index (κ1) is 9.16. The van der Waals surface area contributed by atoms with Gasteiger partial charge in [0.1, 0.15) is 0 Å². The molecule has 0 heterocycles. The van der Waals surface area contributed by atoms with Crippen LogP contribution in [0.15, 0.2) is 0 Å². The molecule has 0 aromatic heterocycles. The van der Waals surface area contributed by atoms with Crippen LogP contribution in [0.4, 0.5) is 0 Å². The average Bonchev–Trinajstić information content (AvgIpc) is 1.84. The van der Waals surface area contributed by atoms with Crippen molar-refractivity contribution >= 4 is 46.4 Å². The smallest absolute Gasteiger partial charge is 0.0646 e. The summed E-state index contributed by atoms with van der Waals surface area (Å²) in [5, 5.41) is -0.424. The zero-order valence-corrected chi connectivity index (χ0v) is 7.10. The monoisotopic (exact) mass is 194 g/mol. The highest BCUT2D eigenvalue weighted by molar-refractivity contribution is 6.36. The van der Waals surface area contributed by atoms with Gasteiger partial charge < -0.3 is 0 Å². The third kappa shape index (κ3) is 3.24. The van der Waals surface area contributed by atoms with E-state index in [1.54, 1.807) is 0 Å². The highest BCUT2D eigenvalue weighted by Gasteiger charge is 2.13. The van der Waals surface area contributed by atoms with Crippen LogP contribution in [-0.4, -0.2) is 22.5 Å². The predicted molar refractivity (Wildman–Crippen MR) is 40.7 cm³/mol. The molecule has 0 saturated carbocycles. The molecular weight excluding hydrogens is 190 g/mol. The van der Waals surface area contributed by atoms with Gasteiger partial charge in [-0.25, -0.2) is 0 Å². The molecular formula is C4H6Cl4. The van der Waals surface area contributed by atoms with Gasteiger partial charge in [0, 0.05) is 11.8 Å². The van der Waals surface area contributed by atoms with E-state index >= 15 is 0 Å². The van der Waals surface area contributed by atoms with Crippen molar-refractivity contribution in [2.75, 3.05) is 11.8 Å². The standard InChI is InChI=1S/C4H6Cl4/c5-1-3(7)4(8)2-6/h3-4H,1-2H2/t3-,4-/m1/s1. The molecule has 0 aliphatic heterocycles. The zero-order chi connectivity index (χ0) is 6.57. The summed E-state index contributed by atoms with van der Waals surface area (Å²) < 4.78 is 0. The molecule has 0 bridgehead atoms. The highest BCUT2D eigenvalue weighted by Crippen LogP contribution is 2.12. The molecule has 0 unspecified atom stereocenters. The Morgan fingerprint density at radius 3 is 1.25 bits per heavy atom. The molecule has 0 saturated heterocycles. The Bertz CT molecular complexity index is 48.0. The lowest BCUT2D eigenvalue weighted by Gasteiger charge is -2.07. The van der Waals surface area contributed by atoms with Crippen LogP contribution in [0, 0.1) is 0 Å². The molecule has 0 aliphatic carbocycles. The van der Waals surface area contributed by atoms with Crippen LogP contribution in [0.2, 0.25) is 0 Å². The minimum Gasteiger partial charge on any atom is -0.125 e. The quantitative estimate of drug-likeness (QED) is 0.608. The lowest BCUT2D eigenvalue weighted by Crippen LogP contribution is -2.17. The van der Waals surface area contributed by atoms with Gasteiger partial charge in [-0.1, -0.05) is 0 Å². The summed E-state index contributed by atoms with van der Waals surface area (Å²) in [7, 11) is 0. The van der Waals surface area contributed by atoms with E-state index in [1.807, 2.05) is 0 Å². The SMILES string of the molecule is ClC[C@@H](Cl)[C@H](Cl)CCl. The fourth-order valence-corrected chi connectivity index (χ4v) is 0.984. The number of alkyl halides is 4. The van der Waals surface area contributed by atoms with Crippen molar-refractivity contribution in [3.8, 4) is 0 Å². The lowest BCUT2D eigenvalue weighted by atomic mass is 10.4. The number of hydrogen-bond donors (Lipinski definition) is 0. The summed E-state index contributed by atoms with van der Waals surface area (Å²) in [6.45, 7) is 0. The predicted octanol–water partition coefficient (Wildman–Crippen LogP) is 2.68. The van der Waals surface area contributed by atoms with Crippen LogP contribution >= 0.6 is 46.4 Å². The highest BCUT2D eigenvalue weighted by atomic mass is 35.5. The number of rotatable bonds is 3. The minimum atomic E-state index is -0.212. The second kappa shape index (κ2) is 4.99. The second-order valence-electron chi connectivity index (χ2n) is 1.34. The average molecular weight is 196 g/mol. The molecule has 50 valence electrons. The van der Waals surface area contributed by atoms with Gasteiger partial charge in [0.2, 0.25) is 0 Å². The molecule has 0 fully saturated rings. The maximum absolute atomic E-state index is 5.57. The second-order valence-corrected chi connectivity index (χ2v) is 3.08. The Morgan fingerprint density at radius 2 is 1.12 bits per heavy atom. The Labute approximate surface area is 69.0 Å². The van der Waals surface area contributed by atoms with E-state index in [1.165, 1.54) is 0 Å². The molecule has 0 aromatic carbocycles. The van der Waals surface area contributed by atoms with Crippen LogP contribution < -0.4 is 0 Å². The van der Waals surface area contributed by atoms with Gasteiger partial charge in [-0.05, 0) is 0 Å². The van der Waals surface area contributed by atoms with Gasteiger partial charge in [-0.15, -0.1) is 46.4 Å². The van der Waals surface area contributed by atoms with E-state index in [2.05, 4.69) is 0 Å². The molecule has 0 rings (SSSR count).